The van der Waals surface area contributed by atoms with Gasteiger partial charge in [-0.25, -0.2) is 0 Å². The normalized spacial score (nSPS) is 14.4. The summed E-state index contributed by atoms with van der Waals surface area (Å²) in [6, 6.07) is 9.68. The Morgan fingerprint density at radius 3 is 2.53 bits per heavy atom. The molecule has 1 aliphatic rings. The van der Waals surface area contributed by atoms with E-state index >= 15 is 0 Å². The monoisotopic (exact) mass is 526 g/mol. The minimum Gasteiger partial charge on any atom is -0.497 e. The van der Waals surface area contributed by atoms with Gasteiger partial charge in [-0.1, -0.05) is 43.0 Å². The Kier molecular flexibility index (Phi) is 9.70. The Bertz CT molecular complexity index is 1260. The van der Waals surface area contributed by atoms with E-state index in [0.29, 0.717) is 65.3 Å². The zero-order chi connectivity index (χ0) is 26.2. The number of hydrogen-bond donors (Lipinski definition) is 1. The van der Waals surface area contributed by atoms with Gasteiger partial charge in [0.1, 0.15) is 27.5 Å². The molecule has 8 nitrogen and oxygen atoms in total. The van der Waals surface area contributed by atoms with E-state index in [2.05, 4.69) is 11.4 Å². The summed E-state index contributed by atoms with van der Waals surface area (Å²) in [4.78, 5) is 28.4. The summed E-state index contributed by atoms with van der Waals surface area (Å²) >= 11 is 6.68. The number of methoxy groups -OCH3 is 2. The average Bonchev–Trinajstić information content (AvgIpc) is 3.14. The molecule has 0 atom stereocenters. The molecule has 1 amide bonds. The van der Waals surface area contributed by atoms with E-state index in [9.17, 15) is 14.9 Å². The first-order valence-electron chi connectivity index (χ1n) is 11.6. The van der Waals surface area contributed by atoms with Gasteiger partial charge in [0.2, 0.25) is 0 Å². The lowest BCUT2D eigenvalue weighted by molar-refractivity contribution is -0.122. The van der Waals surface area contributed by atoms with Crippen LogP contribution in [0.4, 0.5) is 5.82 Å². The van der Waals surface area contributed by atoms with Crippen molar-refractivity contribution in [1.82, 2.24) is 9.47 Å². The van der Waals surface area contributed by atoms with Crippen molar-refractivity contribution in [3.63, 3.8) is 0 Å². The molecule has 0 bridgehead atoms. The van der Waals surface area contributed by atoms with E-state index in [4.69, 9.17) is 21.7 Å². The van der Waals surface area contributed by atoms with Crippen LogP contribution in [-0.2, 0) is 22.6 Å². The van der Waals surface area contributed by atoms with E-state index in [-0.39, 0.29) is 17.0 Å². The Morgan fingerprint density at radius 1 is 1.19 bits per heavy atom. The van der Waals surface area contributed by atoms with Crippen molar-refractivity contribution < 1.29 is 14.3 Å². The van der Waals surface area contributed by atoms with Gasteiger partial charge in [-0.05, 0) is 49.1 Å². The predicted octanol–water partition coefficient (Wildman–Crippen LogP) is 4.30. The Morgan fingerprint density at radius 2 is 1.92 bits per heavy atom. The molecular formula is C26H30N4O4S2. The van der Waals surface area contributed by atoms with Crippen LogP contribution in [-0.4, -0.2) is 47.1 Å². The summed E-state index contributed by atoms with van der Waals surface area (Å²) in [6.45, 7) is 5.57. The number of nitrogens with zero attached hydrogens (tertiary/aromatic N) is 3. The second-order valence-corrected chi connectivity index (χ2v) is 9.89. The number of nitriles is 1. The fourth-order valence-corrected chi connectivity index (χ4v) is 5.20. The maximum atomic E-state index is 13.2. The highest BCUT2D eigenvalue weighted by atomic mass is 32.2. The fraction of sp³-hybridized carbons (Fsp3) is 0.385. The molecular weight excluding hydrogens is 496 g/mol. The first-order chi connectivity index (χ1) is 17.4. The number of anilines is 1. The highest BCUT2D eigenvalue weighted by molar-refractivity contribution is 8.26. The molecule has 36 heavy (non-hydrogen) atoms. The van der Waals surface area contributed by atoms with Gasteiger partial charge in [0, 0.05) is 38.9 Å². The molecule has 0 unspecified atom stereocenters. The Hall–Kier alpha value is -3.13. The summed E-state index contributed by atoms with van der Waals surface area (Å²) in [6.07, 6.45) is 3.11. The molecule has 1 N–H and O–H groups in total. The molecule has 1 aromatic carbocycles. The second kappa shape index (κ2) is 12.7. The first-order valence-corrected chi connectivity index (χ1v) is 12.9. The summed E-state index contributed by atoms with van der Waals surface area (Å²) in [5.41, 5.74) is 1.87. The van der Waals surface area contributed by atoms with Gasteiger partial charge in [0.15, 0.2) is 0 Å². The number of aromatic nitrogens is 1. The van der Waals surface area contributed by atoms with Gasteiger partial charge in [0.05, 0.1) is 12.0 Å². The lowest BCUT2D eigenvalue weighted by atomic mass is 10.0. The third-order valence-corrected chi connectivity index (χ3v) is 7.20. The fourth-order valence-electron chi connectivity index (χ4n) is 3.91. The standard InChI is InChI=1S/C26H30N4O4S2/c1-5-11-29-23(28-16-18-7-9-19(34-4)10-8-18)20(17(2)21(15-27)24(29)31)14-22-25(32)30(26(35)36-22)12-6-13-33-3/h7-10,14,28H,5-6,11-13,16H2,1-4H3/b22-14+. The molecule has 190 valence electrons. The van der Waals surface area contributed by atoms with Gasteiger partial charge >= 0.3 is 0 Å². The molecule has 2 aromatic rings. The zero-order valence-electron chi connectivity index (χ0n) is 20.9. The lowest BCUT2D eigenvalue weighted by Gasteiger charge is -2.20. The molecule has 10 heteroatoms. The number of thioether (sulfide) groups is 1. The SMILES string of the molecule is CCCn1c(NCc2ccc(OC)cc2)c(/C=C2/SC(=S)N(CCCOC)C2=O)c(C)c(C#N)c1=O. The number of benzene rings is 1. The first kappa shape index (κ1) is 27.5. The van der Waals surface area contributed by atoms with Crippen molar-refractivity contribution in [2.75, 3.05) is 32.7 Å². The van der Waals surface area contributed by atoms with E-state index in [1.807, 2.05) is 31.2 Å². The van der Waals surface area contributed by atoms with E-state index in [1.54, 1.807) is 36.7 Å². The summed E-state index contributed by atoms with van der Waals surface area (Å²) < 4.78 is 12.4. The van der Waals surface area contributed by atoms with Crippen LogP contribution in [0.5, 0.6) is 5.75 Å². The molecule has 3 rings (SSSR count). The maximum Gasteiger partial charge on any atom is 0.270 e. The topological polar surface area (TPSA) is 96.6 Å². The number of carbonyl (C=O) groups is 1. The van der Waals surface area contributed by atoms with Gasteiger partial charge in [-0.15, -0.1) is 0 Å². The molecule has 0 aliphatic carbocycles. The number of ether oxygens (including phenoxy) is 2. The zero-order valence-corrected chi connectivity index (χ0v) is 22.6. The number of amides is 1. The van der Waals surface area contributed by atoms with Crippen LogP contribution in [0.25, 0.3) is 6.08 Å². The highest BCUT2D eigenvalue weighted by Crippen LogP contribution is 2.35. The second-order valence-electron chi connectivity index (χ2n) is 8.21. The number of nitrogens with one attached hydrogen (secondary N) is 1. The molecule has 0 spiro atoms. The number of hydrogen-bond acceptors (Lipinski definition) is 8. The number of carbonyl (C=O) groups excluding carboxylic acids is 1. The van der Waals surface area contributed by atoms with Crippen molar-refractivity contribution in [1.29, 1.82) is 5.26 Å². The van der Waals surface area contributed by atoms with Gasteiger partial charge in [-0.2, -0.15) is 5.26 Å². The lowest BCUT2D eigenvalue weighted by Crippen LogP contribution is -2.30. The minimum atomic E-state index is -0.349. The minimum absolute atomic E-state index is 0.0697. The van der Waals surface area contributed by atoms with E-state index in [1.165, 1.54) is 11.8 Å². The predicted molar refractivity (Wildman–Crippen MR) is 147 cm³/mol. The van der Waals surface area contributed by atoms with Crippen LogP contribution in [0.1, 0.15) is 42.0 Å². The number of rotatable bonds is 11. The average molecular weight is 527 g/mol. The molecule has 0 saturated carbocycles. The summed E-state index contributed by atoms with van der Waals surface area (Å²) in [7, 11) is 3.23. The van der Waals surface area contributed by atoms with Crippen LogP contribution in [0.2, 0.25) is 0 Å². The quantitative estimate of drug-likeness (QED) is 0.263. The molecule has 1 saturated heterocycles. The maximum absolute atomic E-state index is 13.2. The van der Waals surface area contributed by atoms with Crippen LogP contribution in [0, 0.1) is 18.3 Å². The number of pyridine rings is 1. The highest BCUT2D eigenvalue weighted by Gasteiger charge is 2.32. The smallest absolute Gasteiger partial charge is 0.270 e. The Labute approximate surface area is 220 Å². The third kappa shape index (κ3) is 5.98. The van der Waals surface area contributed by atoms with Crippen LogP contribution in [0.3, 0.4) is 0 Å². The van der Waals surface area contributed by atoms with Crippen LogP contribution in [0.15, 0.2) is 34.0 Å². The summed E-state index contributed by atoms with van der Waals surface area (Å²) in [5, 5.41) is 13.1. The van der Waals surface area contributed by atoms with Crippen molar-refractivity contribution in [2.24, 2.45) is 0 Å². The van der Waals surface area contributed by atoms with Crippen LogP contribution >= 0.6 is 24.0 Å². The van der Waals surface area contributed by atoms with Crippen molar-refractivity contribution in [2.45, 2.75) is 39.8 Å². The third-order valence-electron chi connectivity index (χ3n) is 5.82. The summed E-state index contributed by atoms with van der Waals surface area (Å²) in [5.74, 6) is 1.14. The van der Waals surface area contributed by atoms with E-state index < -0.39 is 0 Å². The van der Waals surface area contributed by atoms with Gasteiger partial charge in [0.25, 0.3) is 11.5 Å². The van der Waals surface area contributed by atoms with E-state index in [0.717, 1.165) is 11.3 Å². The molecule has 1 aliphatic heterocycles. The van der Waals surface area contributed by atoms with Gasteiger partial charge in [-0.3, -0.25) is 19.1 Å². The van der Waals surface area contributed by atoms with Crippen molar-refractivity contribution in [3.8, 4) is 11.8 Å². The molecule has 0 radical (unpaired) electrons. The van der Waals surface area contributed by atoms with Crippen molar-refractivity contribution in [3.05, 3.63) is 61.8 Å². The number of thiocarbonyl (C=S) groups is 1. The van der Waals surface area contributed by atoms with Gasteiger partial charge < -0.3 is 14.8 Å². The molecule has 1 aromatic heterocycles. The largest absolute Gasteiger partial charge is 0.497 e. The van der Waals surface area contributed by atoms with Crippen LogP contribution < -0.4 is 15.6 Å². The molecule has 1 fully saturated rings. The molecule has 2 heterocycles. The Balaban J connectivity index is 2.06. The van der Waals surface area contributed by atoms with Crippen molar-refractivity contribution >= 4 is 46.1 Å².